The first-order chi connectivity index (χ1) is 11.8. The molecular formula is C19H17N3OS. The number of fused-ring (bicyclic) bond motifs is 1. The monoisotopic (exact) mass is 335 g/mol. The third-order valence-corrected chi connectivity index (χ3v) is 4.84. The van der Waals surface area contributed by atoms with E-state index in [-0.39, 0.29) is 0 Å². The van der Waals surface area contributed by atoms with Gasteiger partial charge in [-0.25, -0.2) is 0 Å². The standard InChI is InChI=1S/C19H17N3OS/c1-13-6-8-14(9-7-13)12-24-19-22-21-18(23-19)10-15-11-20-17-5-3-2-4-16(15)17/h2-9,11,20H,10,12H2,1H3. The third-order valence-electron chi connectivity index (χ3n) is 3.95. The summed E-state index contributed by atoms with van der Waals surface area (Å²) in [5.74, 6) is 1.47. The Morgan fingerprint density at radius 3 is 2.75 bits per heavy atom. The number of hydrogen-bond acceptors (Lipinski definition) is 4. The van der Waals surface area contributed by atoms with Crippen molar-refractivity contribution in [2.45, 2.75) is 24.3 Å². The molecule has 1 N–H and O–H groups in total. The average molecular weight is 335 g/mol. The highest BCUT2D eigenvalue weighted by molar-refractivity contribution is 7.98. The quantitative estimate of drug-likeness (QED) is 0.535. The lowest BCUT2D eigenvalue weighted by molar-refractivity contribution is 0.420. The van der Waals surface area contributed by atoms with Crippen molar-refractivity contribution in [3.8, 4) is 0 Å². The van der Waals surface area contributed by atoms with Crippen molar-refractivity contribution in [3.05, 3.63) is 77.3 Å². The van der Waals surface area contributed by atoms with E-state index in [9.17, 15) is 0 Å². The fourth-order valence-corrected chi connectivity index (χ4v) is 3.37. The van der Waals surface area contributed by atoms with Gasteiger partial charge in [0, 0.05) is 22.9 Å². The van der Waals surface area contributed by atoms with Crippen LogP contribution in [-0.4, -0.2) is 15.2 Å². The van der Waals surface area contributed by atoms with Crippen LogP contribution in [0.4, 0.5) is 0 Å². The van der Waals surface area contributed by atoms with E-state index in [1.165, 1.54) is 22.1 Å². The number of benzene rings is 2. The Morgan fingerprint density at radius 2 is 1.88 bits per heavy atom. The summed E-state index contributed by atoms with van der Waals surface area (Å²) in [5, 5.41) is 10.1. The molecule has 0 atom stereocenters. The molecule has 4 aromatic rings. The van der Waals surface area contributed by atoms with Gasteiger partial charge < -0.3 is 9.40 Å². The molecule has 0 bridgehead atoms. The highest BCUT2D eigenvalue weighted by atomic mass is 32.2. The van der Waals surface area contributed by atoms with Crippen LogP contribution in [0.15, 0.2) is 64.4 Å². The lowest BCUT2D eigenvalue weighted by Gasteiger charge is -1.98. The molecule has 0 fully saturated rings. The van der Waals surface area contributed by atoms with Crippen LogP contribution in [0.3, 0.4) is 0 Å². The van der Waals surface area contributed by atoms with E-state index in [1.807, 2.05) is 18.3 Å². The Kier molecular flexibility index (Phi) is 4.09. The van der Waals surface area contributed by atoms with Gasteiger partial charge in [-0.3, -0.25) is 0 Å². The number of nitrogens with one attached hydrogen (secondary N) is 1. The summed E-state index contributed by atoms with van der Waals surface area (Å²) in [4.78, 5) is 3.27. The van der Waals surface area contributed by atoms with E-state index in [0.717, 1.165) is 11.3 Å². The number of aryl methyl sites for hydroxylation is 1. The molecule has 2 heterocycles. The molecule has 0 saturated carbocycles. The largest absolute Gasteiger partial charge is 0.416 e. The van der Waals surface area contributed by atoms with Gasteiger partial charge in [-0.15, -0.1) is 10.2 Å². The van der Waals surface area contributed by atoms with Crippen LogP contribution in [0.2, 0.25) is 0 Å². The van der Waals surface area contributed by atoms with Crippen LogP contribution in [-0.2, 0) is 12.2 Å². The molecular weight excluding hydrogens is 318 g/mol. The fraction of sp³-hybridized carbons (Fsp3) is 0.158. The minimum atomic E-state index is 0.616. The molecule has 5 heteroatoms. The van der Waals surface area contributed by atoms with E-state index < -0.39 is 0 Å². The van der Waals surface area contributed by atoms with Gasteiger partial charge in [-0.1, -0.05) is 59.8 Å². The Labute approximate surface area is 144 Å². The maximum Gasteiger partial charge on any atom is 0.276 e. The Morgan fingerprint density at radius 1 is 1.04 bits per heavy atom. The number of rotatable bonds is 5. The van der Waals surface area contributed by atoms with Gasteiger partial charge in [0.15, 0.2) is 0 Å². The zero-order valence-corrected chi connectivity index (χ0v) is 14.1. The summed E-state index contributed by atoms with van der Waals surface area (Å²) in [7, 11) is 0. The summed E-state index contributed by atoms with van der Waals surface area (Å²) < 4.78 is 5.78. The second-order valence-electron chi connectivity index (χ2n) is 5.77. The molecule has 0 aliphatic carbocycles. The fourth-order valence-electron chi connectivity index (χ4n) is 2.64. The van der Waals surface area contributed by atoms with E-state index >= 15 is 0 Å². The second-order valence-corrected chi connectivity index (χ2v) is 6.70. The second kappa shape index (κ2) is 6.53. The summed E-state index contributed by atoms with van der Waals surface area (Å²) in [5.41, 5.74) is 4.81. The predicted octanol–water partition coefficient (Wildman–Crippen LogP) is 4.74. The molecule has 24 heavy (non-hydrogen) atoms. The summed E-state index contributed by atoms with van der Waals surface area (Å²) in [6.07, 6.45) is 2.65. The van der Waals surface area contributed by atoms with Gasteiger partial charge in [0.2, 0.25) is 5.89 Å². The maximum atomic E-state index is 5.78. The number of nitrogens with zero attached hydrogens (tertiary/aromatic N) is 2. The lowest BCUT2D eigenvalue weighted by atomic mass is 10.1. The smallest absolute Gasteiger partial charge is 0.276 e. The van der Waals surface area contributed by atoms with Crippen LogP contribution in [0.5, 0.6) is 0 Å². The highest BCUT2D eigenvalue weighted by Gasteiger charge is 2.10. The minimum absolute atomic E-state index is 0.616. The normalized spacial score (nSPS) is 11.2. The van der Waals surface area contributed by atoms with Gasteiger partial charge in [0.25, 0.3) is 5.22 Å². The minimum Gasteiger partial charge on any atom is -0.416 e. The van der Waals surface area contributed by atoms with Crippen LogP contribution >= 0.6 is 11.8 Å². The predicted molar refractivity (Wildman–Crippen MR) is 96.1 cm³/mol. The van der Waals surface area contributed by atoms with Crippen molar-refractivity contribution in [2.75, 3.05) is 0 Å². The van der Waals surface area contributed by atoms with Crippen molar-refractivity contribution in [2.24, 2.45) is 0 Å². The Balaban J connectivity index is 1.44. The molecule has 0 amide bonds. The average Bonchev–Trinajstić information content (AvgIpc) is 3.22. The van der Waals surface area contributed by atoms with Crippen molar-refractivity contribution < 1.29 is 4.42 Å². The third kappa shape index (κ3) is 3.21. The Hall–Kier alpha value is -2.53. The molecule has 120 valence electrons. The number of thioether (sulfide) groups is 1. The molecule has 0 radical (unpaired) electrons. The lowest BCUT2D eigenvalue weighted by Crippen LogP contribution is -1.86. The van der Waals surface area contributed by atoms with Crippen LogP contribution in [0, 0.1) is 6.92 Å². The number of aromatic amines is 1. The van der Waals surface area contributed by atoms with Gasteiger partial charge in [-0.05, 0) is 24.1 Å². The molecule has 2 aromatic heterocycles. The van der Waals surface area contributed by atoms with Gasteiger partial charge in [-0.2, -0.15) is 0 Å². The topological polar surface area (TPSA) is 54.7 Å². The molecule has 0 aliphatic rings. The first kappa shape index (κ1) is 15.0. The van der Waals surface area contributed by atoms with Crippen molar-refractivity contribution in [3.63, 3.8) is 0 Å². The van der Waals surface area contributed by atoms with E-state index in [4.69, 9.17) is 4.42 Å². The molecule has 0 unspecified atom stereocenters. The number of aromatic nitrogens is 3. The van der Waals surface area contributed by atoms with E-state index in [1.54, 1.807) is 11.8 Å². The SMILES string of the molecule is Cc1ccc(CSc2nnc(Cc3c[nH]c4ccccc34)o2)cc1. The van der Waals surface area contributed by atoms with Crippen LogP contribution < -0.4 is 0 Å². The van der Waals surface area contributed by atoms with Crippen molar-refractivity contribution in [1.29, 1.82) is 0 Å². The molecule has 0 saturated heterocycles. The van der Waals surface area contributed by atoms with E-state index in [2.05, 4.69) is 58.5 Å². The number of hydrogen-bond donors (Lipinski definition) is 1. The Bertz CT molecular complexity index is 956. The first-order valence-corrected chi connectivity index (χ1v) is 8.82. The first-order valence-electron chi connectivity index (χ1n) is 7.83. The van der Waals surface area contributed by atoms with E-state index in [0.29, 0.717) is 17.5 Å². The highest BCUT2D eigenvalue weighted by Crippen LogP contribution is 2.24. The maximum absolute atomic E-state index is 5.78. The van der Waals surface area contributed by atoms with Gasteiger partial charge in [0.1, 0.15) is 0 Å². The molecule has 0 spiro atoms. The zero-order valence-electron chi connectivity index (χ0n) is 13.3. The van der Waals surface area contributed by atoms with Crippen LogP contribution in [0.1, 0.15) is 22.6 Å². The van der Waals surface area contributed by atoms with Crippen LogP contribution in [0.25, 0.3) is 10.9 Å². The number of para-hydroxylation sites is 1. The zero-order chi connectivity index (χ0) is 16.4. The van der Waals surface area contributed by atoms with Gasteiger partial charge >= 0.3 is 0 Å². The van der Waals surface area contributed by atoms with Crippen molar-refractivity contribution in [1.82, 2.24) is 15.2 Å². The molecule has 4 rings (SSSR count). The number of H-pyrrole nitrogens is 1. The molecule has 4 nitrogen and oxygen atoms in total. The summed E-state index contributed by atoms with van der Waals surface area (Å²) in [6, 6.07) is 16.7. The molecule has 0 aliphatic heterocycles. The van der Waals surface area contributed by atoms with Gasteiger partial charge in [0.05, 0.1) is 6.42 Å². The van der Waals surface area contributed by atoms with Crippen molar-refractivity contribution >= 4 is 22.7 Å². The summed E-state index contributed by atoms with van der Waals surface area (Å²) >= 11 is 1.57. The summed E-state index contributed by atoms with van der Waals surface area (Å²) in [6.45, 7) is 2.09. The molecule has 2 aromatic carbocycles.